The van der Waals surface area contributed by atoms with E-state index in [0.717, 1.165) is 35.8 Å². The molecule has 1 amide bonds. The number of amides is 1. The van der Waals surface area contributed by atoms with Gasteiger partial charge in [-0.15, -0.1) is 0 Å². The van der Waals surface area contributed by atoms with Gasteiger partial charge in [0.25, 0.3) is 5.91 Å². The van der Waals surface area contributed by atoms with E-state index in [-0.39, 0.29) is 5.56 Å². The SMILES string of the molecule is CCCCc1ccc(NC(=O)C(C(=O)c2ccn(-c3ccccc3)c2C)n2cc(C(=O)O)cn2)cc1. The van der Waals surface area contributed by atoms with Crippen LogP contribution < -0.4 is 5.32 Å². The fourth-order valence-electron chi connectivity index (χ4n) is 4.08. The van der Waals surface area contributed by atoms with Crippen molar-refractivity contribution in [1.29, 1.82) is 0 Å². The Kier molecular flexibility index (Phi) is 7.44. The second-order valence-electron chi connectivity index (χ2n) is 8.59. The second-order valence-corrected chi connectivity index (χ2v) is 8.59. The van der Waals surface area contributed by atoms with Crippen LogP contribution in [0.1, 0.15) is 57.8 Å². The number of Topliss-reactive ketones (excluding diaryl/α,β-unsaturated/α-hetero) is 1. The lowest BCUT2D eigenvalue weighted by Gasteiger charge is -2.17. The Morgan fingerprint density at radius 2 is 1.75 bits per heavy atom. The third-order valence-corrected chi connectivity index (χ3v) is 6.09. The van der Waals surface area contributed by atoms with Crippen LogP contribution in [0.5, 0.6) is 0 Å². The number of carboxylic acids is 1. The number of nitrogens with one attached hydrogen (secondary N) is 1. The standard InChI is InChI=1S/C28H28N4O4/c1-3-4-8-20-11-13-22(14-12-20)30-27(34)25(32-18-21(17-29-32)28(35)36)26(33)24-15-16-31(19(24)2)23-9-6-5-7-10-23/h5-7,9-18,25H,3-4,8H2,1-2H3,(H,30,34)(H,35,36). The monoisotopic (exact) mass is 484 g/mol. The zero-order valence-electron chi connectivity index (χ0n) is 20.2. The van der Waals surface area contributed by atoms with Crippen LogP contribution in [0.4, 0.5) is 5.69 Å². The Labute approximate surface area is 209 Å². The maximum absolute atomic E-state index is 13.7. The van der Waals surface area contributed by atoms with Gasteiger partial charge in [0.2, 0.25) is 0 Å². The van der Waals surface area contributed by atoms with Crippen LogP contribution in [0.25, 0.3) is 5.69 Å². The Hall–Kier alpha value is -4.46. The highest BCUT2D eigenvalue weighted by Crippen LogP contribution is 2.23. The molecule has 8 nitrogen and oxygen atoms in total. The molecule has 4 aromatic rings. The molecule has 8 heteroatoms. The van der Waals surface area contributed by atoms with Gasteiger partial charge in [-0.1, -0.05) is 43.7 Å². The zero-order chi connectivity index (χ0) is 25.7. The molecule has 2 aromatic carbocycles. The van der Waals surface area contributed by atoms with Crippen LogP contribution in [-0.4, -0.2) is 37.1 Å². The number of carbonyl (C=O) groups excluding carboxylic acids is 2. The molecule has 184 valence electrons. The summed E-state index contributed by atoms with van der Waals surface area (Å²) in [6.45, 7) is 3.93. The summed E-state index contributed by atoms with van der Waals surface area (Å²) in [6, 6.07) is 17.3. The van der Waals surface area contributed by atoms with Gasteiger partial charge in [-0.25, -0.2) is 4.79 Å². The number of nitrogens with zero attached hydrogens (tertiary/aromatic N) is 3. The molecule has 0 aliphatic carbocycles. The number of aromatic nitrogens is 3. The van der Waals surface area contributed by atoms with Crippen molar-refractivity contribution < 1.29 is 19.5 Å². The number of rotatable bonds is 10. The molecular formula is C28H28N4O4. The van der Waals surface area contributed by atoms with E-state index in [1.54, 1.807) is 31.3 Å². The summed E-state index contributed by atoms with van der Waals surface area (Å²) < 4.78 is 2.97. The molecule has 2 N–H and O–H groups in total. The van der Waals surface area contributed by atoms with Gasteiger partial charge in [0.15, 0.2) is 11.8 Å². The summed E-state index contributed by atoms with van der Waals surface area (Å²) in [4.78, 5) is 38.5. The Bertz CT molecular complexity index is 1370. The van der Waals surface area contributed by atoms with Crippen molar-refractivity contribution in [2.24, 2.45) is 0 Å². The van der Waals surface area contributed by atoms with Gasteiger partial charge in [0.05, 0.1) is 11.8 Å². The van der Waals surface area contributed by atoms with Gasteiger partial charge in [-0.3, -0.25) is 14.3 Å². The second kappa shape index (κ2) is 10.9. The lowest BCUT2D eigenvalue weighted by Crippen LogP contribution is -2.33. The smallest absolute Gasteiger partial charge is 0.338 e. The molecule has 4 rings (SSSR count). The summed E-state index contributed by atoms with van der Waals surface area (Å²) in [6.07, 6.45) is 7.22. The highest BCUT2D eigenvalue weighted by molar-refractivity contribution is 6.15. The number of ketones is 1. The van der Waals surface area contributed by atoms with Crippen molar-refractivity contribution in [3.8, 4) is 5.69 Å². The van der Waals surface area contributed by atoms with Crippen LogP contribution in [-0.2, 0) is 11.2 Å². The summed E-state index contributed by atoms with van der Waals surface area (Å²) in [5.41, 5.74) is 3.49. The number of hydrogen-bond donors (Lipinski definition) is 2. The molecule has 36 heavy (non-hydrogen) atoms. The first-order valence-corrected chi connectivity index (χ1v) is 11.8. The molecule has 1 atom stereocenters. The van der Waals surface area contributed by atoms with E-state index in [1.807, 2.05) is 47.0 Å². The van der Waals surface area contributed by atoms with Crippen molar-refractivity contribution in [3.63, 3.8) is 0 Å². The van der Waals surface area contributed by atoms with Crippen LogP contribution in [0, 0.1) is 6.92 Å². The van der Waals surface area contributed by atoms with Crippen molar-refractivity contribution in [3.05, 3.63) is 102 Å². The first-order chi connectivity index (χ1) is 17.4. The summed E-state index contributed by atoms with van der Waals surface area (Å²) in [7, 11) is 0. The fourth-order valence-corrected chi connectivity index (χ4v) is 4.08. The van der Waals surface area contributed by atoms with Crippen molar-refractivity contribution in [2.45, 2.75) is 39.2 Å². The molecule has 2 heterocycles. The van der Waals surface area contributed by atoms with E-state index in [9.17, 15) is 19.5 Å². The average Bonchev–Trinajstić information content (AvgIpc) is 3.51. The van der Waals surface area contributed by atoms with Crippen LogP contribution >= 0.6 is 0 Å². The van der Waals surface area contributed by atoms with E-state index in [2.05, 4.69) is 17.3 Å². The van der Waals surface area contributed by atoms with Crippen molar-refractivity contribution in [2.75, 3.05) is 5.32 Å². The normalized spacial score (nSPS) is 11.7. The van der Waals surface area contributed by atoms with Gasteiger partial charge < -0.3 is 15.0 Å². The molecule has 0 aliphatic rings. The summed E-state index contributed by atoms with van der Waals surface area (Å²) in [5.74, 6) is -2.28. The Balaban J connectivity index is 1.65. The minimum absolute atomic E-state index is 0.112. The quantitative estimate of drug-likeness (QED) is 0.241. The maximum atomic E-state index is 13.7. The minimum Gasteiger partial charge on any atom is -0.478 e. The van der Waals surface area contributed by atoms with Crippen LogP contribution in [0.15, 0.2) is 79.3 Å². The van der Waals surface area contributed by atoms with E-state index >= 15 is 0 Å². The average molecular weight is 485 g/mol. The number of carboxylic acid groups (broad SMARTS) is 1. The molecule has 0 radical (unpaired) electrons. The molecule has 0 spiro atoms. The fraction of sp³-hybridized carbons (Fsp3) is 0.214. The molecule has 2 aromatic heterocycles. The van der Waals surface area contributed by atoms with E-state index in [4.69, 9.17) is 0 Å². The van der Waals surface area contributed by atoms with Gasteiger partial charge >= 0.3 is 5.97 Å². The van der Waals surface area contributed by atoms with E-state index in [0.29, 0.717) is 16.9 Å². The van der Waals surface area contributed by atoms with Gasteiger partial charge in [0.1, 0.15) is 0 Å². The topological polar surface area (TPSA) is 106 Å². The molecule has 1 unspecified atom stereocenters. The van der Waals surface area contributed by atoms with E-state index in [1.165, 1.54) is 11.8 Å². The number of carbonyl (C=O) groups is 3. The van der Waals surface area contributed by atoms with Gasteiger partial charge in [-0.05, 0) is 55.7 Å². The van der Waals surface area contributed by atoms with Crippen LogP contribution in [0.3, 0.4) is 0 Å². The van der Waals surface area contributed by atoms with E-state index < -0.39 is 23.7 Å². The van der Waals surface area contributed by atoms with Gasteiger partial charge in [0, 0.05) is 35.0 Å². The Morgan fingerprint density at radius 1 is 1.03 bits per heavy atom. The molecule has 0 fully saturated rings. The molecule has 0 bridgehead atoms. The Morgan fingerprint density at radius 3 is 2.39 bits per heavy atom. The third kappa shape index (κ3) is 5.27. The number of anilines is 1. The molecule has 0 saturated heterocycles. The lowest BCUT2D eigenvalue weighted by atomic mass is 10.0. The highest BCUT2D eigenvalue weighted by atomic mass is 16.4. The molecular weight excluding hydrogens is 456 g/mol. The summed E-state index contributed by atoms with van der Waals surface area (Å²) in [5, 5.41) is 16.2. The number of unbranched alkanes of at least 4 members (excludes halogenated alkanes) is 1. The largest absolute Gasteiger partial charge is 0.478 e. The number of para-hydroxylation sites is 1. The predicted molar refractivity (Wildman–Crippen MR) is 137 cm³/mol. The number of aryl methyl sites for hydroxylation is 1. The predicted octanol–water partition coefficient (Wildman–Crippen LogP) is 5.09. The summed E-state index contributed by atoms with van der Waals surface area (Å²) >= 11 is 0. The number of aromatic carboxylic acids is 1. The maximum Gasteiger partial charge on any atom is 0.338 e. The van der Waals surface area contributed by atoms with Crippen molar-refractivity contribution in [1.82, 2.24) is 14.3 Å². The van der Waals surface area contributed by atoms with Gasteiger partial charge in [-0.2, -0.15) is 5.10 Å². The van der Waals surface area contributed by atoms with Crippen LogP contribution in [0.2, 0.25) is 0 Å². The molecule has 0 aliphatic heterocycles. The number of benzene rings is 2. The zero-order valence-corrected chi connectivity index (χ0v) is 20.2. The first-order valence-electron chi connectivity index (χ1n) is 11.8. The van der Waals surface area contributed by atoms with Crippen molar-refractivity contribution >= 4 is 23.3 Å². The first kappa shape index (κ1) is 24.7. The highest BCUT2D eigenvalue weighted by Gasteiger charge is 2.33. The molecule has 0 saturated carbocycles. The lowest BCUT2D eigenvalue weighted by molar-refractivity contribution is -0.118. The minimum atomic E-state index is -1.39. The number of hydrogen-bond acceptors (Lipinski definition) is 4. The third-order valence-electron chi connectivity index (χ3n) is 6.09.